The number of nitrogens with zero attached hydrogens (tertiary/aromatic N) is 3. The second-order valence-corrected chi connectivity index (χ2v) is 6.36. The Morgan fingerprint density at radius 1 is 1.42 bits per heavy atom. The van der Waals surface area contributed by atoms with Crippen molar-refractivity contribution in [1.82, 2.24) is 14.5 Å². The molecule has 2 heterocycles. The van der Waals surface area contributed by atoms with Gasteiger partial charge >= 0.3 is 0 Å². The van der Waals surface area contributed by atoms with Crippen LogP contribution in [0.5, 0.6) is 0 Å². The third kappa shape index (κ3) is 2.66. The molecule has 0 aliphatic carbocycles. The average Bonchev–Trinajstić information content (AvgIpc) is 2.62. The second kappa shape index (κ2) is 4.96. The third-order valence-corrected chi connectivity index (χ3v) is 3.76. The second-order valence-electron chi connectivity index (χ2n) is 6.36. The summed E-state index contributed by atoms with van der Waals surface area (Å²) in [6, 6.07) is -0.136. The zero-order valence-electron chi connectivity index (χ0n) is 12.3. The summed E-state index contributed by atoms with van der Waals surface area (Å²) in [4.78, 5) is 18.6. The van der Waals surface area contributed by atoms with Crippen molar-refractivity contribution in [1.29, 1.82) is 0 Å². The first-order valence-electron chi connectivity index (χ1n) is 6.86. The molecule has 2 rings (SSSR count). The van der Waals surface area contributed by atoms with Gasteiger partial charge in [-0.3, -0.25) is 4.79 Å². The number of likely N-dealkylation sites (tertiary alicyclic amines) is 1. The standard InChI is InChI=1S/C14H24N4O/c1-14(2,3)18-12(19)7-5-6-10(15)13(18)11-8-16-9-17(11)4/h8-10,13H,5-7,15H2,1-4H3. The van der Waals surface area contributed by atoms with Crippen LogP contribution < -0.4 is 5.73 Å². The van der Waals surface area contributed by atoms with E-state index >= 15 is 0 Å². The van der Waals surface area contributed by atoms with Crippen LogP contribution in [-0.4, -0.2) is 31.9 Å². The minimum atomic E-state index is -0.242. The summed E-state index contributed by atoms with van der Waals surface area (Å²) in [6.07, 6.45) is 5.90. The van der Waals surface area contributed by atoms with E-state index in [1.165, 1.54) is 0 Å². The van der Waals surface area contributed by atoms with Gasteiger partial charge in [0.15, 0.2) is 0 Å². The van der Waals surface area contributed by atoms with E-state index < -0.39 is 0 Å². The molecule has 0 radical (unpaired) electrons. The Hall–Kier alpha value is -1.36. The molecular formula is C14H24N4O. The SMILES string of the molecule is Cn1cncc1C1C(N)CCCC(=O)N1C(C)(C)C. The number of hydrogen-bond acceptors (Lipinski definition) is 3. The first kappa shape index (κ1) is 14.1. The molecule has 2 atom stereocenters. The highest BCUT2D eigenvalue weighted by atomic mass is 16.2. The molecule has 1 aromatic rings. The number of nitrogens with two attached hydrogens (primary N) is 1. The first-order chi connectivity index (χ1) is 8.82. The zero-order chi connectivity index (χ0) is 14.2. The highest BCUT2D eigenvalue weighted by Gasteiger charge is 2.40. The maximum absolute atomic E-state index is 12.5. The van der Waals surface area contributed by atoms with Crippen molar-refractivity contribution in [3.05, 3.63) is 18.2 Å². The van der Waals surface area contributed by atoms with Crippen LogP contribution in [-0.2, 0) is 11.8 Å². The quantitative estimate of drug-likeness (QED) is 0.838. The highest BCUT2D eigenvalue weighted by Crippen LogP contribution is 2.35. The average molecular weight is 264 g/mol. The van der Waals surface area contributed by atoms with Gasteiger partial charge in [-0.2, -0.15) is 0 Å². The number of imidazole rings is 1. The van der Waals surface area contributed by atoms with Crippen molar-refractivity contribution in [3.8, 4) is 0 Å². The fraction of sp³-hybridized carbons (Fsp3) is 0.714. The third-order valence-electron chi connectivity index (χ3n) is 3.76. The maximum Gasteiger partial charge on any atom is 0.223 e. The summed E-state index contributed by atoms with van der Waals surface area (Å²) >= 11 is 0. The van der Waals surface area contributed by atoms with Gasteiger partial charge in [0.05, 0.1) is 24.3 Å². The number of carbonyl (C=O) groups is 1. The van der Waals surface area contributed by atoms with Gasteiger partial charge in [-0.05, 0) is 33.6 Å². The lowest BCUT2D eigenvalue weighted by Gasteiger charge is -2.42. The Bertz CT molecular complexity index is 460. The molecule has 1 aliphatic heterocycles. The normalized spacial score (nSPS) is 25.5. The van der Waals surface area contributed by atoms with Gasteiger partial charge in [-0.1, -0.05) is 0 Å². The molecular weight excluding hydrogens is 240 g/mol. The van der Waals surface area contributed by atoms with Gasteiger partial charge in [0.2, 0.25) is 5.91 Å². The van der Waals surface area contributed by atoms with Crippen molar-refractivity contribution in [3.63, 3.8) is 0 Å². The number of aromatic nitrogens is 2. The van der Waals surface area contributed by atoms with Crippen LogP contribution in [0.25, 0.3) is 0 Å². The van der Waals surface area contributed by atoms with E-state index in [2.05, 4.69) is 25.8 Å². The van der Waals surface area contributed by atoms with Crippen LogP contribution >= 0.6 is 0 Å². The molecule has 0 saturated carbocycles. The van der Waals surface area contributed by atoms with E-state index in [-0.39, 0.29) is 23.5 Å². The van der Waals surface area contributed by atoms with E-state index in [0.717, 1.165) is 18.5 Å². The number of amides is 1. The van der Waals surface area contributed by atoms with Gasteiger partial charge in [0, 0.05) is 25.0 Å². The topological polar surface area (TPSA) is 64.2 Å². The van der Waals surface area contributed by atoms with E-state index in [0.29, 0.717) is 6.42 Å². The minimum absolute atomic E-state index is 0.0407. The van der Waals surface area contributed by atoms with Crippen molar-refractivity contribution >= 4 is 5.91 Å². The molecule has 5 nitrogen and oxygen atoms in total. The number of rotatable bonds is 1. The van der Waals surface area contributed by atoms with Crippen LogP contribution in [0, 0.1) is 0 Å². The number of hydrogen-bond donors (Lipinski definition) is 1. The number of aryl methyl sites for hydroxylation is 1. The van der Waals surface area contributed by atoms with Crippen molar-refractivity contribution in [2.45, 2.75) is 57.7 Å². The molecule has 1 aliphatic rings. The number of carbonyl (C=O) groups excluding carboxylic acids is 1. The smallest absolute Gasteiger partial charge is 0.223 e. The van der Waals surface area contributed by atoms with Crippen LogP contribution in [0.3, 0.4) is 0 Å². The molecule has 1 saturated heterocycles. The van der Waals surface area contributed by atoms with Gasteiger partial charge in [-0.15, -0.1) is 0 Å². The van der Waals surface area contributed by atoms with Crippen LogP contribution in [0.1, 0.15) is 51.8 Å². The summed E-state index contributed by atoms with van der Waals surface area (Å²) in [7, 11) is 1.95. The molecule has 1 amide bonds. The van der Waals surface area contributed by atoms with E-state index in [1.54, 1.807) is 6.33 Å². The fourth-order valence-electron chi connectivity index (χ4n) is 2.91. The largest absolute Gasteiger partial charge is 0.336 e. The highest BCUT2D eigenvalue weighted by molar-refractivity contribution is 5.78. The summed E-state index contributed by atoms with van der Waals surface area (Å²) in [5.74, 6) is 0.187. The van der Waals surface area contributed by atoms with Gasteiger partial charge < -0.3 is 15.2 Å². The van der Waals surface area contributed by atoms with Crippen LogP contribution in [0.4, 0.5) is 0 Å². The molecule has 1 fully saturated rings. The van der Waals surface area contributed by atoms with E-state index in [9.17, 15) is 4.79 Å². The molecule has 0 spiro atoms. The summed E-state index contributed by atoms with van der Waals surface area (Å²) in [6.45, 7) is 6.19. The molecule has 19 heavy (non-hydrogen) atoms. The monoisotopic (exact) mass is 264 g/mol. The van der Waals surface area contributed by atoms with Crippen molar-refractivity contribution in [2.24, 2.45) is 12.8 Å². The maximum atomic E-state index is 12.5. The van der Waals surface area contributed by atoms with Gasteiger partial charge in [-0.25, -0.2) is 4.98 Å². The zero-order valence-corrected chi connectivity index (χ0v) is 12.3. The molecule has 2 N–H and O–H groups in total. The van der Waals surface area contributed by atoms with Crippen molar-refractivity contribution in [2.75, 3.05) is 0 Å². The molecule has 1 aromatic heterocycles. The van der Waals surface area contributed by atoms with E-state index in [4.69, 9.17) is 5.73 Å². The lowest BCUT2D eigenvalue weighted by atomic mass is 9.96. The molecule has 2 unspecified atom stereocenters. The molecule has 0 aromatic carbocycles. The Kier molecular flexibility index (Phi) is 3.67. The first-order valence-corrected chi connectivity index (χ1v) is 6.86. The molecule has 0 bridgehead atoms. The lowest BCUT2D eigenvalue weighted by molar-refractivity contribution is -0.139. The Balaban J connectivity index is 2.49. The Morgan fingerprint density at radius 3 is 2.63 bits per heavy atom. The van der Waals surface area contributed by atoms with Crippen molar-refractivity contribution < 1.29 is 4.79 Å². The fourth-order valence-corrected chi connectivity index (χ4v) is 2.91. The Labute approximate surface area is 114 Å². The van der Waals surface area contributed by atoms with Gasteiger partial charge in [0.1, 0.15) is 0 Å². The molecule has 5 heteroatoms. The summed E-state index contributed by atoms with van der Waals surface area (Å²) < 4.78 is 1.96. The van der Waals surface area contributed by atoms with Crippen LogP contribution in [0.2, 0.25) is 0 Å². The Morgan fingerprint density at radius 2 is 2.11 bits per heavy atom. The summed E-state index contributed by atoms with van der Waals surface area (Å²) in [5.41, 5.74) is 7.12. The predicted molar refractivity (Wildman–Crippen MR) is 74.4 cm³/mol. The molecule has 106 valence electrons. The van der Waals surface area contributed by atoms with Gasteiger partial charge in [0.25, 0.3) is 0 Å². The summed E-state index contributed by atoms with van der Waals surface area (Å²) in [5, 5.41) is 0. The lowest BCUT2D eigenvalue weighted by Crippen LogP contribution is -2.52. The van der Waals surface area contributed by atoms with Crippen LogP contribution in [0.15, 0.2) is 12.5 Å². The minimum Gasteiger partial charge on any atom is -0.336 e. The van der Waals surface area contributed by atoms with E-state index in [1.807, 2.05) is 22.7 Å². The predicted octanol–water partition coefficient (Wildman–Crippen LogP) is 1.60.